The number of hydrogen-bond acceptors (Lipinski definition) is 4. The van der Waals surface area contributed by atoms with Crippen LogP contribution in [0.25, 0.3) is 0 Å². The SMILES string of the molecule is CC(C)Sc1ccc(NCC2(CN)COC2)cc1. The van der Waals surface area contributed by atoms with Crippen molar-refractivity contribution in [3.8, 4) is 0 Å². The molecule has 0 aliphatic carbocycles. The molecule has 3 N–H and O–H groups in total. The van der Waals surface area contributed by atoms with Crippen LogP contribution in [0.4, 0.5) is 5.69 Å². The van der Waals surface area contributed by atoms with E-state index in [4.69, 9.17) is 10.5 Å². The smallest absolute Gasteiger partial charge is 0.0574 e. The highest BCUT2D eigenvalue weighted by atomic mass is 32.2. The fourth-order valence-corrected chi connectivity index (χ4v) is 2.73. The Morgan fingerprint density at radius 1 is 1.33 bits per heavy atom. The fraction of sp³-hybridized carbons (Fsp3) is 0.571. The zero-order chi connectivity index (χ0) is 13.0. The van der Waals surface area contributed by atoms with Crippen LogP contribution in [0, 0.1) is 5.41 Å². The summed E-state index contributed by atoms with van der Waals surface area (Å²) in [5.41, 5.74) is 7.09. The second-order valence-corrected chi connectivity index (χ2v) is 6.89. The molecule has 1 heterocycles. The van der Waals surface area contributed by atoms with Gasteiger partial charge in [0.15, 0.2) is 0 Å². The first-order valence-corrected chi connectivity index (χ1v) is 7.30. The first-order chi connectivity index (χ1) is 8.63. The van der Waals surface area contributed by atoms with Crippen LogP contribution < -0.4 is 11.1 Å². The Labute approximate surface area is 113 Å². The zero-order valence-electron chi connectivity index (χ0n) is 11.1. The number of hydrogen-bond donors (Lipinski definition) is 2. The average Bonchev–Trinajstić information content (AvgIpc) is 2.30. The van der Waals surface area contributed by atoms with Gasteiger partial charge in [-0.1, -0.05) is 13.8 Å². The van der Waals surface area contributed by atoms with Crippen LogP contribution in [0.5, 0.6) is 0 Å². The molecule has 0 unspecified atom stereocenters. The van der Waals surface area contributed by atoms with Crippen LogP contribution in [0.1, 0.15) is 13.8 Å². The third-order valence-corrected chi connectivity index (χ3v) is 4.16. The summed E-state index contributed by atoms with van der Waals surface area (Å²) >= 11 is 1.88. The van der Waals surface area contributed by atoms with Crippen molar-refractivity contribution in [2.75, 3.05) is 31.6 Å². The molecule has 1 aliphatic heterocycles. The number of anilines is 1. The maximum absolute atomic E-state index is 5.79. The first-order valence-electron chi connectivity index (χ1n) is 6.42. The van der Waals surface area contributed by atoms with E-state index < -0.39 is 0 Å². The summed E-state index contributed by atoms with van der Waals surface area (Å²) in [4.78, 5) is 1.32. The van der Waals surface area contributed by atoms with Gasteiger partial charge >= 0.3 is 0 Å². The van der Waals surface area contributed by atoms with Gasteiger partial charge in [0.2, 0.25) is 0 Å². The minimum atomic E-state index is 0.144. The van der Waals surface area contributed by atoms with E-state index in [1.807, 2.05) is 11.8 Å². The van der Waals surface area contributed by atoms with Crippen molar-refractivity contribution in [3.63, 3.8) is 0 Å². The number of thioether (sulfide) groups is 1. The average molecular weight is 266 g/mol. The van der Waals surface area contributed by atoms with Gasteiger partial charge in [-0.25, -0.2) is 0 Å². The summed E-state index contributed by atoms with van der Waals surface area (Å²) in [5, 5.41) is 4.07. The Morgan fingerprint density at radius 3 is 2.44 bits per heavy atom. The van der Waals surface area contributed by atoms with Gasteiger partial charge < -0.3 is 15.8 Å². The number of ether oxygens (including phenoxy) is 1. The highest BCUT2D eigenvalue weighted by molar-refractivity contribution is 7.99. The molecule has 0 saturated carbocycles. The van der Waals surface area contributed by atoms with Gasteiger partial charge in [0, 0.05) is 34.3 Å². The second kappa shape index (κ2) is 5.95. The minimum absolute atomic E-state index is 0.144. The molecule has 100 valence electrons. The Bertz CT molecular complexity index is 368. The molecule has 3 nitrogen and oxygen atoms in total. The van der Waals surface area contributed by atoms with Crippen LogP contribution >= 0.6 is 11.8 Å². The number of rotatable bonds is 6. The Kier molecular flexibility index (Phi) is 4.54. The molecular weight excluding hydrogens is 244 g/mol. The second-order valence-electron chi connectivity index (χ2n) is 5.24. The molecule has 0 atom stereocenters. The number of nitrogens with one attached hydrogen (secondary N) is 1. The van der Waals surface area contributed by atoms with Crippen molar-refractivity contribution in [2.24, 2.45) is 11.1 Å². The molecule has 0 radical (unpaired) electrons. The third kappa shape index (κ3) is 3.40. The molecule has 0 aromatic heterocycles. The molecular formula is C14H22N2OS. The van der Waals surface area contributed by atoms with E-state index in [0.29, 0.717) is 11.8 Å². The van der Waals surface area contributed by atoms with E-state index in [9.17, 15) is 0 Å². The van der Waals surface area contributed by atoms with E-state index in [1.165, 1.54) is 4.90 Å². The lowest BCUT2D eigenvalue weighted by molar-refractivity contribution is -0.0979. The topological polar surface area (TPSA) is 47.3 Å². The highest BCUT2D eigenvalue weighted by Crippen LogP contribution is 2.28. The Morgan fingerprint density at radius 2 is 2.00 bits per heavy atom. The number of nitrogens with two attached hydrogens (primary N) is 1. The summed E-state index contributed by atoms with van der Waals surface area (Å²) in [6, 6.07) is 8.60. The summed E-state index contributed by atoms with van der Waals surface area (Å²) in [6.07, 6.45) is 0. The summed E-state index contributed by atoms with van der Waals surface area (Å²) in [7, 11) is 0. The van der Waals surface area contributed by atoms with Crippen LogP contribution in [0.2, 0.25) is 0 Å². The van der Waals surface area contributed by atoms with Crippen molar-refractivity contribution >= 4 is 17.4 Å². The van der Waals surface area contributed by atoms with Crippen molar-refractivity contribution in [3.05, 3.63) is 24.3 Å². The molecule has 1 aliphatic rings. The monoisotopic (exact) mass is 266 g/mol. The maximum atomic E-state index is 5.79. The molecule has 18 heavy (non-hydrogen) atoms. The van der Waals surface area contributed by atoms with Crippen molar-refractivity contribution in [2.45, 2.75) is 24.0 Å². The summed E-state index contributed by atoms with van der Waals surface area (Å²) < 4.78 is 5.26. The summed E-state index contributed by atoms with van der Waals surface area (Å²) in [5.74, 6) is 0. The van der Waals surface area contributed by atoms with Gasteiger partial charge in [-0.05, 0) is 24.3 Å². The van der Waals surface area contributed by atoms with E-state index in [2.05, 4.69) is 43.4 Å². The highest BCUT2D eigenvalue weighted by Gasteiger charge is 2.36. The van der Waals surface area contributed by atoms with Gasteiger partial charge in [0.25, 0.3) is 0 Å². The van der Waals surface area contributed by atoms with E-state index >= 15 is 0 Å². The summed E-state index contributed by atoms with van der Waals surface area (Å²) in [6.45, 7) is 7.54. The van der Waals surface area contributed by atoms with Crippen LogP contribution in [0.15, 0.2) is 29.2 Å². The van der Waals surface area contributed by atoms with Crippen molar-refractivity contribution < 1.29 is 4.74 Å². The van der Waals surface area contributed by atoms with Gasteiger partial charge in [-0.15, -0.1) is 11.8 Å². The Balaban J connectivity index is 1.86. The van der Waals surface area contributed by atoms with Crippen LogP contribution in [0.3, 0.4) is 0 Å². The van der Waals surface area contributed by atoms with E-state index in [-0.39, 0.29) is 5.41 Å². The fourth-order valence-electron chi connectivity index (χ4n) is 1.90. The van der Waals surface area contributed by atoms with E-state index in [1.54, 1.807) is 0 Å². The van der Waals surface area contributed by atoms with Crippen molar-refractivity contribution in [1.29, 1.82) is 0 Å². The molecule has 4 heteroatoms. The molecule has 1 aromatic rings. The molecule has 0 amide bonds. The molecule has 1 aromatic carbocycles. The largest absolute Gasteiger partial charge is 0.384 e. The third-order valence-electron chi connectivity index (χ3n) is 3.14. The van der Waals surface area contributed by atoms with Crippen molar-refractivity contribution in [1.82, 2.24) is 0 Å². The molecule has 1 saturated heterocycles. The lowest BCUT2D eigenvalue weighted by Gasteiger charge is -2.40. The zero-order valence-corrected chi connectivity index (χ0v) is 11.9. The minimum Gasteiger partial charge on any atom is -0.384 e. The molecule has 2 rings (SSSR count). The molecule has 1 fully saturated rings. The van der Waals surface area contributed by atoms with Gasteiger partial charge in [0.1, 0.15) is 0 Å². The van der Waals surface area contributed by atoms with Gasteiger partial charge in [-0.2, -0.15) is 0 Å². The standard InChI is InChI=1S/C14H22N2OS/c1-11(2)18-13-5-3-12(4-6-13)16-8-14(7-15)9-17-10-14/h3-6,11,16H,7-10,15H2,1-2H3. The molecule has 0 spiro atoms. The van der Waals surface area contributed by atoms with Crippen LogP contribution in [-0.4, -0.2) is 31.6 Å². The number of benzene rings is 1. The Hall–Kier alpha value is -0.710. The van der Waals surface area contributed by atoms with E-state index in [0.717, 1.165) is 25.4 Å². The first kappa shape index (κ1) is 13.7. The van der Waals surface area contributed by atoms with Crippen LogP contribution in [-0.2, 0) is 4.74 Å². The van der Waals surface area contributed by atoms with Gasteiger partial charge in [0.05, 0.1) is 13.2 Å². The molecule has 0 bridgehead atoms. The normalized spacial score (nSPS) is 17.6. The quantitative estimate of drug-likeness (QED) is 0.777. The van der Waals surface area contributed by atoms with Gasteiger partial charge in [-0.3, -0.25) is 0 Å². The predicted molar refractivity (Wildman–Crippen MR) is 78.2 cm³/mol. The predicted octanol–water partition coefficient (Wildman–Crippen LogP) is 2.57. The lowest BCUT2D eigenvalue weighted by Crippen LogP contribution is -2.52. The maximum Gasteiger partial charge on any atom is 0.0574 e. The lowest BCUT2D eigenvalue weighted by atomic mass is 9.86.